The Kier molecular flexibility index (Phi) is 8.22. The van der Waals surface area contributed by atoms with Crippen LogP contribution in [-0.4, -0.2) is 51.5 Å². The molecule has 0 bridgehead atoms. The molecule has 0 aliphatic carbocycles. The molecule has 2 aromatic heterocycles. The average Bonchev–Trinajstić information content (AvgIpc) is 3.44. The van der Waals surface area contributed by atoms with Crippen molar-refractivity contribution in [3.05, 3.63) is 47.2 Å². The first kappa shape index (κ1) is 23.3. The van der Waals surface area contributed by atoms with Crippen LogP contribution in [0.1, 0.15) is 11.4 Å². The Morgan fingerprint density at radius 1 is 1.22 bits per heavy atom. The summed E-state index contributed by atoms with van der Waals surface area (Å²) in [5.41, 5.74) is 0.797. The van der Waals surface area contributed by atoms with Crippen LogP contribution in [0, 0.1) is 0 Å². The minimum atomic E-state index is -0.278. The van der Waals surface area contributed by atoms with Gasteiger partial charge >= 0.3 is 0 Å². The third-order valence-corrected chi connectivity index (χ3v) is 5.90. The number of hydrogen-bond donors (Lipinski definition) is 2. The lowest BCUT2D eigenvalue weighted by Gasteiger charge is -2.07. The number of hydrogen-bond acceptors (Lipinski definition) is 9. The van der Waals surface area contributed by atoms with E-state index in [4.69, 9.17) is 9.47 Å². The summed E-state index contributed by atoms with van der Waals surface area (Å²) in [6, 6.07) is 5.37. The van der Waals surface area contributed by atoms with Crippen LogP contribution in [-0.2, 0) is 23.2 Å². The fourth-order valence-corrected chi connectivity index (χ4v) is 3.82. The summed E-state index contributed by atoms with van der Waals surface area (Å²) in [6.45, 7) is 0.199. The summed E-state index contributed by atoms with van der Waals surface area (Å²) in [6.07, 6.45) is 4.73. The number of benzene rings is 1. The maximum absolute atomic E-state index is 12.2. The van der Waals surface area contributed by atoms with Crippen LogP contribution >= 0.6 is 23.1 Å². The molecule has 3 aromatic rings. The number of nitrogens with zero attached hydrogens (tertiary/aromatic N) is 4. The van der Waals surface area contributed by atoms with Gasteiger partial charge in [0.25, 0.3) is 0 Å². The number of nitrogens with one attached hydrogen (secondary N) is 2. The van der Waals surface area contributed by atoms with E-state index in [2.05, 4.69) is 25.8 Å². The second-order valence-electron chi connectivity index (χ2n) is 6.30. The summed E-state index contributed by atoms with van der Waals surface area (Å²) >= 11 is 2.60. The van der Waals surface area contributed by atoms with Crippen molar-refractivity contribution in [1.82, 2.24) is 25.1 Å². The number of ether oxygens (including phenoxy) is 2. The zero-order valence-electron chi connectivity index (χ0n) is 17.7. The molecule has 0 atom stereocenters. The Labute approximate surface area is 193 Å². The molecular formula is C20H22N6O4S2. The highest BCUT2D eigenvalue weighted by Crippen LogP contribution is 2.27. The van der Waals surface area contributed by atoms with Gasteiger partial charge in [-0.2, -0.15) is 0 Å². The Balaban J connectivity index is 1.49. The molecule has 0 fully saturated rings. The Bertz CT molecular complexity index is 1100. The quantitative estimate of drug-likeness (QED) is 0.339. The molecule has 0 aliphatic rings. The van der Waals surface area contributed by atoms with E-state index in [1.54, 1.807) is 55.6 Å². The van der Waals surface area contributed by atoms with Crippen molar-refractivity contribution in [1.29, 1.82) is 0 Å². The fraction of sp³-hybridized carbons (Fsp3) is 0.250. The van der Waals surface area contributed by atoms with Gasteiger partial charge in [0, 0.05) is 24.7 Å². The number of rotatable bonds is 10. The number of carbonyl (C=O) groups excluding carboxylic acids is 2. The number of aromatic nitrogens is 4. The molecule has 2 heterocycles. The van der Waals surface area contributed by atoms with Crippen LogP contribution in [0.25, 0.3) is 6.08 Å². The molecule has 2 N–H and O–H groups in total. The molecule has 2 amide bonds. The van der Waals surface area contributed by atoms with Crippen molar-refractivity contribution < 1.29 is 19.1 Å². The molecule has 0 aliphatic heterocycles. The van der Waals surface area contributed by atoms with Gasteiger partial charge in [-0.05, 0) is 23.8 Å². The Hall–Kier alpha value is -3.38. The van der Waals surface area contributed by atoms with Crippen LogP contribution in [0.3, 0.4) is 0 Å². The lowest BCUT2D eigenvalue weighted by molar-refractivity contribution is -0.116. The van der Waals surface area contributed by atoms with Gasteiger partial charge in [-0.25, -0.2) is 4.98 Å². The second kappa shape index (κ2) is 11.3. The van der Waals surface area contributed by atoms with Crippen LogP contribution in [0.2, 0.25) is 0 Å². The summed E-state index contributed by atoms with van der Waals surface area (Å²) in [4.78, 5) is 28.2. The minimum Gasteiger partial charge on any atom is -0.493 e. The third kappa shape index (κ3) is 6.31. The fourth-order valence-electron chi connectivity index (χ4n) is 2.55. The predicted octanol–water partition coefficient (Wildman–Crippen LogP) is 2.35. The largest absolute Gasteiger partial charge is 0.493 e. The Morgan fingerprint density at radius 2 is 2.03 bits per heavy atom. The average molecular weight is 475 g/mol. The smallest absolute Gasteiger partial charge is 0.244 e. The molecule has 10 nitrogen and oxygen atoms in total. The van der Waals surface area contributed by atoms with E-state index in [0.717, 1.165) is 5.56 Å². The van der Waals surface area contributed by atoms with E-state index >= 15 is 0 Å². The summed E-state index contributed by atoms with van der Waals surface area (Å²) in [5, 5.41) is 16.6. The summed E-state index contributed by atoms with van der Waals surface area (Å²) < 4.78 is 12.2. The number of thiazole rings is 1. The predicted molar refractivity (Wildman–Crippen MR) is 123 cm³/mol. The first-order chi connectivity index (χ1) is 15.5. The number of amides is 2. The van der Waals surface area contributed by atoms with E-state index < -0.39 is 0 Å². The zero-order chi connectivity index (χ0) is 22.9. The van der Waals surface area contributed by atoms with Crippen molar-refractivity contribution in [3.8, 4) is 11.5 Å². The molecule has 1 aromatic carbocycles. The molecule has 0 spiro atoms. The van der Waals surface area contributed by atoms with E-state index in [0.29, 0.717) is 27.6 Å². The van der Waals surface area contributed by atoms with Crippen LogP contribution in [0.15, 0.2) is 41.0 Å². The molecule has 0 saturated heterocycles. The van der Waals surface area contributed by atoms with Gasteiger partial charge < -0.3 is 24.7 Å². The summed E-state index contributed by atoms with van der Waals surface area (Å²) in [7, 11) is 4.90. The van der Waals surface area contributed by atoms with Crippen molar-refractivity contribution >= 4 is 46.1 Å². The standard InChI is InChI=1S/C20H22N6O4S2/c1-26-16(24-25-20(26)32-12-18(28)23-19-21-8-9-31-19)11-22-17(27)7-5-13-4-6-14(29-2)15(10-13)30-3/h4-10H,11-12H2,1-3H3,(H,22,27)(H,21,23,28). The van der Waals surface area contributed by atoms with Crippen molar-refractivity contribution in [3.63, 3.8) is 0 Å². The van der Waals surface area contributed by atoms with E-state index in [-0.39, 0.29) is 24.1 Å². The van der Waals surface area contributed by atoms with Crippen LogP contribution in [0.5, 0.6) is 11.5 Å². The number of anilines is 1. The Morgan fingerprint density at radius 3 is 2.75 bits per heavy atom. The monoisotopic (exact) mass is 474 g/mol. The van der Waals surface area contributed by atoms with Gasteiger partial charge in [0.15, 0.2) is 27.6 Å². The maximum atomic E-state index is 12.2. The normalized spacial score (nSPS) is 10.8. The van der Waals surface area contributed by atoms with Crippen molar-refractivity contribution in [2.45, 2.75) is 11.7 Å². The number of carbonyl (C=O) groups is 2. The van der Waals surface area contributed by atoms with Gasteiger partial charge in [0.05, 0.1) is 26.5 Å². The molecule has 0 radical (unpaired) electrons. The molecule has 168 valence electrons. The van der Waals surface area contributed by atoms with Gasteiger partial charge in [-0.15, -0.1) is 21.5 Å². The van der Waals surface area contributed by atoms with Crippen LogP contribution < -0.4 is 20.1 Å². The SMILES string of the molecule is COc1ccc(C=CC(=O)NCc2nnc(SCC(=O)Nc3nccs3)n2C)cc1OC. The van der Waals surface area contributed by atoms with E-state index in [1.165, 1.54) is 29.2 Å². The molecule has 12 heteroatoms. The van der Waals surface area contributed by atoms with Gasteiger partial charge in [0.2, 0.25) is 11.8 Å². The first-order valence-electron chi connectivity index (χ1n) is 9.38. The number of thioether (sulfide) groups is 1. The minimum absolute atomic E-state index is 0.173. The lowest BCUT2D eigenvalue weighted by atomic mass is 10.2. The van der Waals surface area contributed by atoms with Crippen LogP contribution in [0.4, 0.5) is 5.13 Å². The van der Waals surface area contributed by atoms with Crippen molar-refractivity contribution in [2.24, 2.45) is 7.05 Å². The second-order valence-corrected chi connectivity index (χ2v) is 8.13. The maximum Gasteiger partial charge on any atom is 0.244 e. The van der Waals surface area contributed by atoms with E-state index in [1.807, 2.05) is 6.07 Å². The van der Waals surface area contributed by atoms with Gasteiger partial charge in [-0.3, -0.25) is 9.59 Å². The molecule has 32 heavy (non-hydrogen) atoms. The number of methoxy groups -OCH3 is 2. The van der Waals surface area contributed by atoms with Gasteiger partial charge in [-0.1, -0.05) is 17.8 Å². The molecular weight excluding hydrogens is 452 g/mol. The van der Waals surface area contributed by atoms with Gasteiger partial charge in [0.1, 0.15) is 0 Å². The first-order valence-corrected chi connectivity index (χ1v) is 11.2. The molecule has 0 unspecified atom stereocenters. The molecule has 3 rings (SSSR count). The van der Waals surface area contributed by atoms with Crippen molar-refractivity contribution in [2.75, 3.05) is 25.3 Å². The highest BCUT2D eigenvalue weighted by atomic mass is 32.2. The summed E-state index contributed by atoms with van der Waals surface area (Å²) in [5.74, 6) is 1.49. The highest BCUT2D eigenvalue weighted by Gasteiger charge is 2.12. The zero-order valence-corrected chi connectivity index (χ0v) is 19.3. The highest BCUT2D eigenvalue weighted by molar-refractivity contribution is 7.99. The lowest BCUT2D eigenvalue weighted by Crippen LogP contribution is -2.22. The third-order valence-electron chi connectivity index (χ3n) is 4.19. The topological polar surface area (TPSA) is 120 Å². The molecule has 0 saturated carbocycles. The van der Waals surface area contributed by atoms with E-state index in [9.17, 15) is 9.59 Å².